The van der Waals surface area contributed by atoms with Crippen LogP contribution in [0.4, 0.5) is 0 Å². The van der Waals surface area contributed by atoms with Gasteiger partial charge in [0.2, 0.25) is 11.5 Å². The maximum absolute atomic E-state index is 12.4. The Labute approximate surface area is 141 Å². The number of carbonyl (C=O) groups is 2. The van der Waals surface area contributed by atoms with Crippen molar-refractivity contribution in [1.82, 2.24) is 4.90 Å². The maximum Gasteiger partial charge on any atom is 0.348 e. The second kappa shape index (κ2) is 7.07. The number of carbonyl (C=O) groups excluding carboxylic acids is 1. The summed E-state index contributed by atoms with van der Waals surface area (Å²) >= 11 is 0. The van der Waals surface area contributed by atoms with Gasteiger partial charge >= 0.3 is 5.97 Å². The van der Waals surface area contributed by atoms with Crippen molar-refractivity contribution in [1.29, 1.82) is 0 Å². The molecule has 2 aliphatic rings. The van der Waals surface area contributed by atoms with Gasteiger partial charge in [0, 0.05) is 32.4 Å². The molecule has 3 rings (SSSR count). The maximum atomic E-state index is 12.4. The molecule has 1 aliphatic heterocycles. The number of hydrogen-bond acceptors (Lipinski definition) is 3. The highest BCUT2D eigenvalue weighted by Crippen LogP contribution is 2.30. The summed E-state index contributed by atoms with van der Waals surface area (Å²) in [6, 6.07) is 9.01. The average molecular weight is 329 g/mol. The number of likely N-dealkylation sites (tertiary alicyclic amines) is 1. The van der Waals surface area contributed by atoms with Crippen LogP contribution in [0.15, 0.2) is 42.5 Å². The van der Waals surface area contributed by atoms with E-state index in [0.717, 1.165) is 12.8 Å². The van der Waals surface area contributed by atoms with Crippen LogP contribution in [0.2, 0.25) is 0 Å². The summed E-state index contributed by atoms with van der Waals surface area (Å²) in [5.41, 5.74) is -1.24. The molecular formula is C19H23NO4. The van der Waals surface area contributed by atoms with Gasteiger partial charge in [-0.05, 0) is 30.9 Å². The number of carboxylic acids is 1. The first-order chi connectivity index (χ1) is 11.6. The fourth-order valence-electron chi connectivity index (χ4n) is 3.41. The van der Waals surface area contributed by atoms with E-state index >= 15 is 0 Å². The van der Waals surface area contributed by atoms with Crippen LogP contribution in [0.3, 0.4) is 0 Å². The van der Waals surface area contributed by atoms with Gasteiger partial charge in [0.15, 0.2) is 0 Å². The second-order valence-corrected chi connectivity index (χ2v) is 6.57. The number of ether oxygens (including phenoxy) is 1. The van der Waals surface area contributed by atoms with E-state index in [4.69, 9.17) is 4.74 Å². The van der Waals surface area contributed by atoms with E-state index in [-0.39, 0.29) is 5.91 Å². The molecule has 0 saturated carbocycles. The largest absolute Gasteiger partial charge is 0.478 e. The first-order valence-corrected chi connectivity index (χ1v) is 8.51. The van der Waals surface area contributed by atoms with Crippen molar-refractivity contribution in [3.63, 3.8) is 0 Å². The van der Waals surface area contributed by atoms with Crippen molar-refractivity contribution in [3.8, 4) is 5.75 Å². The zero-order chi connectivity index (χ0) is 17.0. The van der Waals surface area contributed by atoms with Gasteiger partial charge in [-0.15, -0.1) is 0 Å². The van der Waals surface area contributed by atoms with Gasteiger partial charge in [0.1, 0.15) is 5.75 Å². The number of hydrogen-bond donors (Lipinski definition) is 1. The first-order valence-electron chi connectivity index (χ1n) is 8.51. The SMILES string of the molecule is O=C(CC1C=CCC1)N1CCC(Oc2ccccc2)(C(=O)O)CC1. The van der Waals surface area contributed by atoms with Crippen LogP contribution >= 0.6 is 0 Å². The predicted octanol–water partition coefficient (Wildman–Crippen LogP) is 2.87. The lowest BCUT2D eigenvalue weighted by Gasteiger charge is -2.39. The highest BCUT2D eigenvalue weighted by atomic mass is 16.5. The molecule has 1 unspecified atom stereocenters. The molecule has 1 heterocycles. The molecule has 1 aromatic rings. The van der Waals surface area contributed by atoms with Crippen LogP contribution in [-0.4, -0.2) is 40.6 Å². The number of piperidine rings is 1. The van der Waals surface area contributed by atoms with Gasteiger partial charge in [0.05, 0.1) is 0 Å². The third-order valence-electron chi connectivity index (χ3n) is 4.92. The van der Waals surface area contributed by atoms with Crippen LogP contribution in [0, 0.1) is 5.92 Å². The van der Waals surface area contributed by atoms with Gasteiger partial charge in [-0.25, -0.2) is 4.79 Å². The monoisotopic (exact) mass is 329 g/mol. The lowest BCUT2D eigenvalue weighted by Crippen LogP contribution is -2.54. The molecule has 0 aromatic heterocycles. The Morgan fingerprint density at radius 3 is 2.50 bits per heavy atom. The second-order valence-electron chi connectivity index (χ2n) is 6.57. The molecule has 1 amide bonds. The van der Waals surface area contributed by atoms with E-state index in [1.54, 1.807) is 17.0 Å². The number of nitrogens with zero attached hydrogens (tertiary/aromatic N) is 1. The van der Waals surface area contributed by atoms with Crippen LogP contribution < -0.4 is 4.74 Å². The smallest absolute Gasteiger partial charge is 0.348 e. The Kier molecular flexibility index (Phi) is 4.88. The Morgan fingerprint density at radius 2 is 1.92 bits per heavy atom. The fourth-order valence-corrected chi connectivity index (χ4v) is 3.41. The van der Waals surface area contributed by atoms with Gasteiger partial charge in [-0.3, -0.25) is 4.79 Å². The first kappa shape index (κ1) is 16.6. The zero-order valence-electron chi connectivity index (χ0n) is 13.7. The molecular weight excluding hydrogens is 306 g/mol. The minimum atomic E-state index is -1.24. The number of para-hydroxylation sites is 1. The summed E-state index contributed by atoms with van der Waals surface area (Å²) in [5.74, 6) is 0.0439. The van der Waals surface area contributed by atoms with Crippen molar-refractivity contribution in [3.05, 3.63) is 42.5 Å². The summed E-state index contributed by atoms with van der Waals surface area (Å²) in [4.78, 5) is 26.0. The predicted molar refractivity (Wildman–Crippen MR) is 89.7 cm³/mol. The number of carboxylic acid groups (broad SMARTS) is 1. The van der Waals surface area contributed by atoms with Gasteiger partial charge in [-0.2, -0.15) is 0 Å². The molecule has 1 N–H and O–H groups in total. The van der Waals surface area contributed by atoms with E-state index in [0.29, 0.717) is 44.0 Å². The van der Waals surface area contributed by atoms with Crippen molar-refractivity contribution < 1.29 is 19.4 Å². The highest BCUT2D eigenvalue weighted by molar-refractivity contribution is 5.80. The van der Waals surface area contributed by atoms with E-state index in [1.807, 2.05) is 18.2 Å². The summed E-state index contributed by atoms with van der Waals surface area (Å²) in [7, 11) is 0. The molecule has 0 spiro atoms. The van der Waals surface area contributed by atoms with Crippen LogP contribution in [0.25, 0.3) is 0 Å². The van der Waals surface area contributed by atoms with Gasteiger partial charge in [0.25, 0.3) is 0 Å². The van der Waals surface area contributed by atoms with Crippen molar-refractivity contribution >= 4 is 11.9 Å². The quantitative estimate of drug-likeness (QED) is 0.844. The van der Waals surface area contributed by atoms with E-state index in [9.17, 15) is 14.7 Å². The molecule has 0 radical (unpaired) electrons. The molecule has 5 nitrogen and oxygen atoms in total. The van der Waals surface area contributed by atoms with Crippen molar-refractivity contribution in [2.45, 2.75) is 37.7 Å². The molecule has 128 valence electrons. The minimum Gasteiger partial charge on any atom is -0.478 e. The Morgan fingerprint density at radius 1 is 1.21 bits per heavy atom. The summed E-state index contributed by atoms with van der Waals surface area (Å²) < 4.78 is 5.82. The van der Waals surface area contributed by atoms with E-state index < -0.39 is 11.6 Å². The number of allylic oxidation sites excluding steroid dienone is 2. The summed E-state index contributed by atoms with van der Waals surface area (Å²) in [6.07, 6.45) is 7.46. The lowest BCUT2D eigenvalue weighted by atomic mass is 9.90. The molecule has 1 saturated heterocycles. The Hall–Kier alpha value is -2.30. The molecule has 1 atom stereocenters. The van der Waals surface area contributed by atoms with Gasteiger partial charge in [-0.1, -0.05) is 30.4 Å². The van der Waals surface area contributed by atoms with E-state index in [2.05, 4.69) is 12.2 Å². The summed E-state index contributed by atoms with van der Waals surface area (Å²) in [6.45, 7) is 0.850. The number of rotatable bonds is 5. The molecule has 0 bridgehead atoms. The zero-order valence-corrected chi connectivity index (χ0v) is 13.7. The van der Waals surface area contributed by atoms with Crippen LogP contribution in [-0.2, 0) is 9.59 Å². The molecule has 1 fully saturated rings. The molecule has 5 heteroatoms. The third-order valence-corrected chi connectivity index (χ3v) is 4.92. The minimum absolute atomic E-state index is 0.116. The number of amides is 1. The van der Waals surface area contributed by atoms with Crippen LogP contribution in [0.1, 0.15) is 32.1 Å². The lowest BCUT2D eigenvalue weighted by molar-refractivity contribution is -0.162. The Balaban J connectivity index is 1.61. The summed E-state index contributed by atoms with van der Waals surface area (Å²) in [5, 5.41) is 9.67. The molecule has 1 aromatic carbocycles. The Bertz CT molecular complexity index is 618. The number of benzene rings is 1. The van der Waals surface area contributed by atoms with E-state index in [1.165, 1.54) is 0 Å². The topological polar surface area (TPSA) is 66.8 Å². The molecule has 1 aliphatic carbocycles. The average Bonchev–Trinajstić information content (AvgIpc) is 3.09. The van der Waals surface area contributed by atoms with Crippen molar-refractivity contribution in [2.75, 3.05) is 13.1 Å². The normalized spacial score (nSPS) is 22.3. The highest BCUT2D eigenvalue weighted by Gasteiger charge is 2.45. The number of aliphatic carboxylic acids is 1. The van der Waals surface area contributed by atoms with Crippen molar-refractivity contribution in [2.24, 2.45) is 5.92 Å². The fraction of sp³-hybridized carbons (Fsp3) is 0.474. The van der Waals surface area contributed by atoms with Gasteiger partial charge < -0.3 is 14.7 Å². The molecule has 24 heavy (non-hydrogen) atoms. The standard InChI is InChI=1S/C19H23NO4/c21-17(14-15-6-4-5-7-15)20-12-10-19(11-13-20,18(22)23)24-16-8-2-1-3-9-16/h1-4,6,8-9,15H,5,7,10-14H2,(H,22,23). The van der Waals surface area contributed by atoms with Crippen LogP contribution in [0.5, 0.6) is 5.75 Å². The third kappa shape index (κ3) is 3.61.